The molecule has 43 heavy (non-hydrogen) atoms. The predicted molar refractivity (Wildman–Crippen MR) is 179 cm³/mol. The van der Waals surface area contributed by atoms with E-state index in [1.807, 2.05) is 25.5 Å². The lowest BCUT2D eigenvalue weighted by Crippen LogP contribution is -2.36. The SMILES string of the molecule is C/C=N\C=C(/CC)CN1CCC(n2ncc3c(N4CCCCC4)nc(-c4ccc5c(ccn5CCCCC)c4)nc32)CC1. The fourth-order valence-corrected chi connectivity index (χ4v) is 6.75. The van der Waals surface area contributed by atoms with Gasteiger partial charge >= 0.3 is 0 Å². The predicted octanol–water partition coefficient (Wildman–Crippen LogP) is 7.65. The van der Waals surface area contributed by atoms with E-state index in [2.05, 4.69) is 68.4 Å². The van der Waals surface area contributed by atoms with Gasteiger partial charge in [-0.15, -0.1) is 0 Å². The summed E-state index contributed by atoms with van der Waals surface area (Å²) >= 11 is 0. The molecule has 228 valence electrons. The monoisotopic (exact) mass is 580 g/mol. The van der Waals surface area contributed by atoms with Crippen LogP contribution >= 0.6 is 0 Å². The fraction of sp³-hybridized carbons (Fsp3) is 0.543. The number of piperidine rings is 2. The van der Waals surface area contributed by atoms with Crippen LogP contribution in [0.3, 0.4) is 0 Å². The van der Waals surface area contributed by atoms with Crippen LogP contribution in [0.2, 0.25) is 0 Å². The van der Waals surface area contributed by atoms with Gasteiger partial charge in [-0.2, -0.15) is 5.10 Å². The fourth-order valence-electron chi connectivity index (χ4n) is 6.75. The molecule has 8 nitrogen and oxygen atoms in total. The third-order valence-corrected chi connectivity index (χ3v) is 9.31. The van der Waals surface area contributed by atoms with E-state index in [4.69, 9.17) is 15.1 Å². The molecule has 0 bridgehead atoms. The highest BCUT2D eigenvalue weighted by Crippen LogP contribution is 2.34. The van der Waals surface area contributed by atoms with Gasteiger partial charge < -0.3 is 9.47 Å². The Bertz CT molecular complexity index is 1560. The van der Waals surface area contributed by atoms with E-state index in [-0.39, 0.29) is 0 Å². The van der Waals surface area contributed by atoms with Gasteiger partial charge in [-0.25, -0.2) is 14.6 Å². The number of unbranched alkanes of at least 4 members (excludes halogenated alkanes) is 2. The van der Waals surface area contributed by atoms with Crippen molar-refractivity contribution >= 4 is 34.0 Å². The van der Waals surface area contributed by atoms with E-state index in [0.29, 0.717) is 6.04 Å². The van der Waals surface area contributed by atoms with Gasteiger partial charge in [0.1, 0.15) is 5.82 Å². The highest BCUT2D eigenvalue weighted by Gasteiger charge is 2.26. The van der Waals surface area contributed by atoms with Crippen molar-refractivity contribution in [2.75, 3.05) is 37.6 Å². The van der Waals surface area contributed by atoms with Crippen molar-refractivity contribution in [1.82, 2.24) is 29.2 Å². The molecule has 0 atom stereocenters. The van der Waals surface area contributed by atoms with Gasteiger partial charge in [0.05, 0.1) is 17.6 Å². The Morgan fingerprint density at radius 1 is 1.00 bits per heavy atom. The molecule has 0 saturated carbocycles. The molecule has 6 rings (SSSR count). The zero-order chi connectivity index (χ0) is 29.6. The van der Waals surface area contributed by atoms with Crippen LogP contribution in [0.25, 0.3) is 33.3 Å². The summed E-state index contributed by atoms with van der Waals surface area (Å²) in [5.74, 6) is 1.86. The van der Waals surface area contributed by atoms with Crippen LogP contribution in [0, 0.1) is 0 Å². The number of hydrogen-bond donors (Lipinski definition) is 0. The van der Waals surface area contributed by atoms with Crippen LogP contribution in [0.1, 0.15) is 84.6 Å². The maximum absolute atomic E-state index is 5.24. The van der Waals surface area contributed by atoms with Gasteiger partial charge in [-0.05, 0) is 81.7 Å². The Morgan fingerprint density at radius 3 is 2.60 bits per heavy atom. The first-order chi connectivity index (χ1) is 21.2. The molecule has 3 aromatic heterocycles. The average molecular weight is 581 g/mol. The summed E-state index contributed by atoms with van der Waals surface area (Å²) in [5.41, 5.74) is 4.73. The molecule has 0 aliphatic carbocycles. The van der Waals surface area contributed by atoms with E-state index in [1.165, 1.54) is 55.0 Å². The second kappa shape index (κ2) is 13.8. The molecule has 2 aliphatic heterocycles. The lowest BCUT2D eigenvalue weighted by molar-refractivity contribution is 0.193. The van der Waals surface area contributed by atoms with Crippen molar-refractivity contribution in [3.05, 3.63) is 48.4 Å². The van der Waals surface area contributed by atoms with E-state index < -0.39 is 0 Å². The van der Waals surface area contributed by atoms with Gasteiger partial charge in [0, 0.05) is 74.3 Å². The van der Waals surface area contributed by atoms with Gasteiger partial charge in [0.15, 0.2) is 11.5 Å². The Hall–Kier alpha value is -3.52. The van der Waals surface area contributed by atoms with Crippen LogP contribution in [0.5, 0.6) is 0 Å². The third kappa shape index (κ3) is 6.54. The van der Waals surface area contributed by atoms with Crippen molar-refractivity contribution in [3.8, 4) is 11.4 Å². The number of aliphatic imine (C=N–C) groups is 1. The topological polar surface area (TPSA) is 67.4 Å². The smallest absolute Gasteiger partial charge is 0.164 e. The molecule has 8 heteroatoms. The molecule has 0 amide bonds. The van der Waals surface area contributed by atoms with Crippen molar-refractivity contribution in [2.45, 2.75) is 91.1 Å². The number of likely N-dealkylation sites (tertiary alicyclic amines) is 1. The third-order valence-electron chi connectivity index (χ3n) is 9.31. The lowest BCUT2D eigenvalue weighted by Gasteiger charge is -2.32. The number of rotatable bonds is 11. The number of aromatic nitrogens is 5. The first-order valence-corrected chi connectivity index (χ1v) is 16.7. The van der Waals surface area contributed by atoms with Crippen molar-refractivity contribution in [3.63, 3.8) is 0 Å². The summed E-state index contributed by atoms with van der Waals surface area (Å²) in [5, 5.41) is 7.32. The Kier molecular flexibility index (Phi) is 9.51. The zero-order valence-corrected chi connectivity index (χ0v) is 26.4. The number of nitrogens with zero attached hydrogens (tertiary/aromatic N) is 8. The summed E-state index contributed by atoms with van der Waals surface area (Å²) in [6.07, 6.45) is 18.8. The number of benzene rings is 1. The standard InChI is InChI=1S/C35H48N8/c1-4-7-9-17-41-22-14-28-23-29(12-13-32(28)41)33-38-34(42-18-10-8-11-19-42)31-25-37-43(35(31)39-33)30-15-20-40(21-16-30)26-27(5-2)24-36-6-3/h6,12-14,22-25,30H,4-5,7-11,15-21,26H2,1-3H3/b27-24+,36-6-. The molecular formula is C35H48N8. The van der Waals surface area contributed by atoms with E-state index in [1.54, 1.807) is 0 Å². The Morgan fingerprint density at radius 2 is 1.84 bits per heavy atom. The second-order valence-corrected chi connectivity index (χ2v) is 12.3. The number of fused-ring (bicyclic) bond motifs is 2. The summed E-state index contributed by atoms with van der Waals surface area (Å²) in [6.45, 7) is 12.7. The van der Waals surface area contributed by atoms with Crippen molar-refractivity contribution < 1.29 is 0 Å². The Balaban J connectivity index is 1.30. The van der Waals surface area contributed by atoms with E-state index in [0.717, 1.165) is 86.8 Å². The van der Waals surface area contributed by atoms with Crippen molar-refractivity contribution in [2.24, 2.45) is 4.99 Å². The minimum Gasteiger partial charge on any atom is -0.356 e. The Labute approximate surface area is 256 Å². The number of hydrogen-bond acceptors (Lipinski definition) is 6. The normalized spacial score (nSPS) is 17.7. The average Bonchev–Trinajstić information content (AvgIpc) is 3.67. The number of anilines is 1. The molecule has 0 N–H and O–H groups in total. The molecule has 0 spiro atoms. The van der Waals surface area contributed by atoms with Gasteiger partial charge in [0.2, 0.25) is 0 Å². The lowest BCUT2D eigenvalue weighted by atomic mass is 10.0. The highest BCUT2D eigenvalue weighted by molar-refractivity contribution is 5.90. The quantitative estimate of drug-likeness (QED) is 0.135. The van der Waals surface area contributed by atoms with Crippen LogP contribution in [0.15, 0.2) is 53.4 Å². The second-order valence-electron chi connectivity index (χ2n) is 12.3. The first kappa shape index (κ1) is 29.5. The molecule has 0 radical (unpaired) electrons. The summed E-state index contributed by atoms with van der Waals surface area (Å²) < 4.78 is 4.60. The van der Waals surface area contributed by atoms with E-state index in [9.17, 15) is 0 Å². The zero-order valence-electron chi connectivity index (χ0n) is 26.4. The molecular weight excluding hydrogens is 532 g/mol. The van der Waals surface area contributed by atoms with Crippen LogP contribution < -0.4 is 4.90 Å². The molecule has 2 saturated heterocycles. The maximum atomic E-state index is 5.24. The summed E-state index contributed by atoms with van der Waals surface area (Å²) in [4.78, 5) is 19.9. The van der Waals surface area contributed by atoms with Crippen LogP contribution in [0.4, 0.5) is 5.82 Å². The molecule has 0 unspecified atom stereocenters. The van der Waals surface area contributed by atoms with Crippen molar-refractivity contribution in [1.29, 1.82) is 0 Å². The molecule has 4 aromatic rings. The summed E-state index contributed by atoms with van der Waals surface area (Å²) in [6, 6.07) is 9.31. The van der Waals surface area contributed by atoms with Gasteiger partial charge in [-0.3, -0.25) is 9.89 Å². The highest BCUT2D eigenvalue weighted by atomic mass is 15.3. The maximum Gasteiger partial charge on any atom is 0.164 e. The minimum absolute atomic E-state index is 0.341. The van der Waals surface area contributed by atoms with E-state index >= 15 is 0 Å². The van der Waals surface area contributed by atoms with Crippen LogP contribution in [-0.4, -0.2) is 68.2 Å². The first-order valence-electron chi connectivity index (χ1n) is 16.7. The van der Waals surface area contributed by atoms with Crippen LogP contribution in [-0.2, 0) is 6.54 Å². The minimum atomic E-state index is 0.341. The largest absolute Gasteiger partial charge is 0.356 e. The molecule has 2 aliphatic rings. The molecule has 2 fully saturated rings. The molecule has 1 aromatic carbocycles. The number of aryl methyl sites for hydroxylation is 1. The summed E-state index contributed by atoms with van der Waals surface area (Å²) in [7, 11) is 0. The van der Waals surface area contributed by atoms with Gasteiger partial charge in [-0.1, -0.05) is 26.7 Å². The molecule has 5 heterocycles. The van der Waals surface area contributed by atoms with Gasteiger partial charge in [0.25, 0.3) is 0 Å².